The molecule has 0 heterocycles. The van der Waals surface area contributed by atoms with Crippen molar-refractivity contribution in [1.82, 2.24) is 0 Å². The minimum atomic E-state index is -0.172. The van der Waals surface area contributed by atoms with E-state index in [1.807, 2.05) is 0 Å². The highest BCUT2D eigenvalue weighted by atomic mass is 16.5. The van der Waals surface area contributed by atoms with E-state index in [1.54, 1.807) is 0 Å². The van der Waals surface area contributed by atoms with E-state index in [2.05, 4.69) is 18.6 Å². The number of carbonyl (C=O) groups excluding carboxylic acids is 1. The molecule has 0 spiro atoms. The quantitative estimate of drug-likeness (QED) is 0.638. The van der Waals surface area contributed by atoms with Crippen LogP contribution in [-0.2, 0) is 9.53 Å². The SMILES string of the molecule is CCC(C)C(N)CCC(=O)OC. The maximum atomic E-state index is 10.7. The molecule has 0 rings (SSSR count). The summed E-state index contributed by atoms with van der Waals surface area (Å²) in [5.41, 5.74) is 5.82. The van der Waals surface area contributed by atoms with Crippen molar-refractivity contribution >= 4 is 5.97 Å². The summed E-state index contributed by atoms with van der Waals surface area (Å²) in [6.07, 6.45) is 2.21. The van der Waals surface area contributed by atoms with Crippen molar-refractivity contribution in [3.63, 3.8) is 0 Å². The minimum Gasteiger partial charge on any atom is -0.469 e. The molecule has 3 heteroatoms. The Labute approximate surface area is 74.3 Å². The minimum absolute atomic E-state index is 0.120. The second kappa shape index (κ2) is 6.00. The Balaban J connectivity index is 3.56. The number of hydrogen-bond donors (Lipinski definition) is 1. The standard InChI is InChI=1S/C9H19NO2/c1-4-7(2)8(10)5-6-9(11)12-3/h7-8H,4-6,10H2,1-3H3. The summed E-state index contributed by atoms with van der Waals surface area (Å²) < 4.78 is 4.52. The second-order valence-electron chi connectivity index (χ2n) is 3.16. The summed E-state index contributed by atoms with van der Waals surface area (Å²) in [6.45, 7) is 4.20. The van der Waals surface area contributed by atoms with Crippen LogP contribution >= 0.6 is 0 Å². The van der Waals surface area contributed by atoms with E-state index in [1.165, 1.54) is 7.11 Å². The number of esters is 1. The van der Waals surface area contributed by atoms with Gasteiger partial charge in [-0.05, 0) is 12.3 Å². The van der Waals surface area contributed by atoms with Gasteiger partial charge < -0.3 is 10.5 Å². The van der Waals surface area contributed by atoms with Gasteiger partial charge in [-0.3, -0.25) is 4.79 Å². The Morgan fingerprint density at radius 2 is 2.17 bits per heavy atom. The van der Waals surface area contributed by atoms with Gasteiger partial charge in [0.1, 0.15) is 0 Å². The molecule has 0 bridgehead atoms. The second-order valence-corrected chi connectivity index (χ2v) is 3.16. The largest absolute Gasteiger partial charge is 0.469 e. The molecule has 0 saturated carbocycles. The summed E-state index contributed by atoms with van der Waals surface area (Å²) in [7, 11) is 1.40. The van der Waals surface area contributed by atoms with Crippen LogP contribution < -0.4 is 5.73 Å². The number of methoxy groups -OCH3 is 1. The van der Waals surface area contributed by atoms with Crippen molar-refractivity contribution in [2.24, 2.45) is 11.7 Å². The topological polar surface area (TPSA) is 52.3 Å². The van der Waals surface area contributed by atoms with Crippen LogP contribution in [0.4, 0.5) is 0 Å². The van der Waals surface area contributed by atoms with E-state index < -0.39 is 0 Å². The molecule has 0 saturated heterocycles. The first-order valence-electron chi connectivity index (χ1n) is 4.44. The first kappa shape index (κ1) is 11.4. The fraction of sp³-hybridized carbons (Fsp3) is 0.889. The molecule has 0 aliphatic carbocycles. The lowest BCUT2D eigenvalue weighted by Crippen LogP contribution is -2.28. The third-order valence-electron chi connectivity index (χ3n) is 2.28. The van der Waals surface area contributed by atoms with Crippen LogP contribution in [0.3, 0.4) is 0 Å². The summed E-state index contributed by atoms with van der Waals surface area (Å²) >= 11 is 0. The molecular weight excluding hydrogens is 154 g/mol. The van der Waals surface area contributed by atoms with Gasteiger partial charge in [-0.25, -0.2) is 0 Å². The highest BCUT2D eigenvalue weighted by molar-refractivity contribution is 5.69. The van der Waals surface area contributed by atoms with Crippen molar-refractivity contribution in [3.8, 4) is 0 Å². The molecule has 0 aromatic carbocycles. The average Bonchev–Trinajstić information content (AvgIpc) is 2.11. The van der Waals surface area contributed by atoms with Gasteiger partial charge in [0.2, 0.25) is 0 Å². The van der Waals surface area contributed by atoms with Gasteiger partial charge in [-0.2, -0.15) is 0 Å². The van der Waals surface area contributed by atoms with Crippen LogP contribution in [-0.4, -0.2) is 19.1 Å². The first-order valence-corrected chi connectivity index (χ1v) is 4.44. The molecule has 0 aliphatic rings. The Bertz CT molecular complexity index is 136. The zero-order valence-corrected chi connectivity index (χ0v) is 8.17. The van der Waals surface area contributed by atoms with Gasteiger partial charge in [0.25, 0.3) is 0 Å². The summed E-state index contributed by atoms with van der Waals surface area (Å²) in [6, 6.07) is 0.120. The molecule has 0 aromatic rings. The monoisotopic (exact) mass is 173 g/mol. The van der Waals surface area contributed by atoms with Crippen LogP contribution in [0.15, 0.2) is 0 Å². The predicted molar refractivity (Wildman–Crippen MR) is 48.7 cm³/mol. The first-order chi connectivity index (χ1) is 5.61. The van der Waals surface area contributed by atoms with Gasteiger partial charge in [-0.1, -0.05) is 20.3 Å². The molecule has 0 amide bonds. The van der Waals surface area contributed by atoms with Crippen molar-refractivity contribution in [1.29, 1.82) is 0 Å². The number of carbonyl (C=O) groups is 1. The summed E-state index contributed by atoms with van der Waals surface area (Å²) in [4.78, 5) is 10.7. The summed E-state index contributed by atoms with van der Waals surface area (Å²) in [5.74, 6) is 0.309. The van der Waals surface area contributed by atoms with Gasteiger partial charge in [0, 0.05) is 12.5 Å². The molecule has 0 radical (unpaired) electrons. The number of rotatable bonds is 5. The van der Waals surface area contributed by atoms with Crippen molar-refractivity contribution in [2.45, 2.75) is 39.2 Å². The lowest BCUT2D eigenvalue weighted by molar-refractivity contribution is -0.140. The van der Waals surface area contributed by atoms with Gasteiger partial charge >= 0.3 is 5.97 Å². The number of nitrogens with two attached hydrogens (primary N) is 1. The highest BCUT2D eigenvalue weighted by Gasteiger charge is 2.12. The molecule has 12 heavy (non-hydrogen) atoms. The third kappa shape index (κ3) is 4.34. The molecule has 3 nitrogen and oxygen atoms in total. The number of ether oxygens (including phenoxy) is 1. The smallest absolute Gasteiger partial charge is 0.305 e. The third-order valence-corrected chi connectivity index (χ3v) is 2.28. The molecule has 2 atom stereocenters. The maximum Gasteiger partial charge on any atom is 0.305 e. The molecule has 2 N–H and O–H groups in total. The number of hydrogen-bond acceptors (Lipinski definition) is 3. The van der Waals surface area contributed by atoms with Gasteiger partial charge in [0.15, 0.2) is 0 Å². The van der Waals surface area contributed by atoms with Crippen molar-refractivity contribution < 1.29 is 9.53 Å². The van der Waals surface area contributed by atoms with Crippen molar-refractivity contribution in [2.75, 3.05) is 7.11 Å². The Hall–Kier alpha value is -0.570. The zero-order valence-electron chi connectivity index (χ0n) is 8.17. The zero-order chi connectivity index (χ0) is 9.56. The average molecular weight is 173 g/mol. The Morgan fingerprint density at radius 3 is 2.58 bits per heavy atom. The van der Waals surface area contributed by atoms with Gasteiger partial charge in [0.05, 0.1) is 7.11 Å². The fourth-order valence-electron chi connectivity index (χ4n) is 0.974. The van der Waals surface area contributed by atoms with E-state index in [0.717, 1.165) is 12.8 Å². The van der Waals surface area contributed by atoms with Crippen LogP contribution in [0.2, 0.25) is 0 Å². The molecule has 0 aromatic heterocycles. The maximum absolute atomic E-state index is 10.7. The van der Waals surface area contributed by atoms with Crippen LogP contribution in [0.25, 0.3) is 0 Å². The van der Waals surface area contributed by atoms with E-state index in [9.17, 15) is 4.79 Å². The molecule has 2 unspecified atom stereocenters. The molecule has 0 aliphatic heterocycles. The Kier molecular flexibility index (Phi) is 5.72. The van der Waals surface area contributed by atoms with Gasteiger partial charge in [-0.15, -0.1) is 0 Å². The molecule has 0 fully saturated rings. The van der Waals surface area contributed by atoms with Crippen LogP contribution in [0.5, 0.6) is 0 Å². The lowest BCUT2D eigenvalue weighted by atomic mass is 9.96. The molecule has 72 valence electrons. The van der Waals surface area contributed by atoms with E-state index in [0.29, 0.717) is 12.3 Å². The van der Waals surface area contributed by atoms with Crippen molar-refractivity contribution in [3.05, 3.63) is 0 Å². The normalized spacial score (nSPS) is 15.3. The summed E-state index contributed by atoms with van der Waals surface area (Å²) in [5, 5.41) is 0. The predicted octanol–water partition coefficient (Wildman–Crippen LogP) is 1.31. The van der Waals surface area contributed by atoms with E-state index in [4.69, 9.17) is 5.73 Å². The highest BCUT2D eigenvalue weighted by Crippen LogP contribution is 2.10. The van der Waals surface area contributed by atoms with Crippen LogP contribution in [0.1, 0.15) is 33.1 Å². The lowest BCUT2D eigenvalue weighted by Gasteiger charge is -2.17. The van der Waals surface area contributed by atoms with Crippen LogP contribution in [0, 0.1) is 5.92 Å². The van der Waals surface area contributed by atoms with E-state index >= 15 is 0 Å². The fourth-order valence-corrected chi connectivity index (χ4v) is 0.974. The Morgan fingerprint density at radius 1 is 1.58 bits per heavy atom. The molecular formula is C9H19NO2. The van der Waals surface area contributed by atoms with E-state index in [-0.39, 0.29) is 12.0 Å².